The van der Waals surface area contributed by atoms with Crippen molar-refractivity contribution < 1.29 is 13.2 Å². The van der Waals surface area contributed by atoms with Crippen LogP contribution in [0.5, 0.6) is 0 Å². The van der Waals surface area contributed by atoms with Gasteiger partial charge in [-0.1, -0.05) is 44.7 Å². The van der Waals surface area contributed by atoms with E-state index < -0.39 is 10.0 Å². The maximum absolute atomic E-state index is 11.9. The first-order valence-electron chi connectivity index (χ1n) is 10.00. The Labute approximate surface area is 175 Å². The molecule has 9 heteroatoms. The zero-order chi connectivity index (χ0) is 21.9. The molecule has 29 heavy (non-hydrogen) atoms. The van der Waals surface area contributed by atoms with Crippen molar-refractivity contribution in [1.82, 2.24) is 15.5 Å². The molecule has 0 aliphatic heterocycles. The second-order valence-corrected chi connectivity index (χ2v) is 8.95. The Morgan fingerprint density at radius 1 is 1.17 bits per heavy atom. The zero-order valence-corrected chi connectivity index (χ0v) is 18.8. The summed E-state index contributed by atoms with van der Waals surface area (Å²) in [5.74, 6) is 0.506. The molecule has 0 heterocycles. The summed E-state index contributed by atoms with van der Waals surface area (Å²) in [7, 11) is -0.297. The lowest BCUT2D eigenvalue weighted by atomic mass is 10.1. The number of hydrogen-bond donors (Lipinski definition) is 3. The number of amides is 1. The summed E-state index contributed by atoms with van der Waals surface area (Å²) in [4.78, 5) is 18.0. The summed E-state index contributed by atoms with van der Waals surface area (Å²) in [5.41, 5.74) is 0.841. The van der Waals surface area contributed by atoms with Crippen LogP contribution in [0.2, 0.25) is 0 Å². The van der Waals surface area contributed by atoms with E-state index >= 15 is 0 Å². The normalized spacial score (nSPS) is 13.1. The number of primary sulfonamides is 1. The maximum atomic E-state index is 11.9. The van der Waals surface area contributed by atoms with E-state index in [1.165, 1.54) is 36.3 Å². The SMILES string of the molecule is CCCCCCC(C)NC(=NCc1ccc(S(N)(=O)=O)cc1)NCC(=O)N(C)C. The van der Waals surface area contributed by atoms with Crippen LogP contribution in [0.3, 0.4) is 0 Å². The molecule has 8 nitrogen and oxygen atoms in total. The van der Waals surface area contributed by atoms with Crippen LogP contribution in [0.15, 0.2) is 34.2 Å². The predicted octanol–water partition coefficient (Wildman–Crippen LogP) is 1.82. The number of nitrogens with zero attached hydrogens (tertiary/aromatic N) is 2. The number of aliphatic imine (C=N–C) groups is 1. The smallest absolute Gasteiger partial charge is 0.241 e. The lowest BCUT2D eigenvalue weighted by Crippen LogP contribution is -2.46. The lowest BCUT2D eigenvalue weighted by molar-refractivity contribution is -0.127. The summed E-state index contributed by atoms with van der Waals surface area (Å²) in [6.45, 7) is 4.77. The van der Waals surface area contributed by atoms with Crippen molar-refractivity contribution >= 4 is 21.9 Å². The third-order valence-corrected chi connectivity index (χ3v) is 5.38. The molecule has 0 saturated heterocycles. The first kappa shape index (κ1) is 24.9. The molecule has 1 rings (SSSR count). The third kappa shape index (κ3) is 10.3. The van der Waals surface area contributed by atoms with Gasteiger partial charge in [0, 0.05) is 20.1 Å². The quantitative estimate of drug-likeness (QED) is 0.284. The number of nitrogens with one attached hydrogen (secondary N) is 2. The summed E-state index contributed by atoms with van der Waals surface area (Å²) in [6, 6.07) is 6.51. The molecule has 1 aromatic rings. The minimum Gasteiger partial charge on any atom is -0.354 e. The minimum absolute atomic E-state index is 0.0485. The first-order chi connectivity index (χ1) is 13.6. The molecule has 0 aliphatic rings. The molecule has 164 valence electrons. The average molecular weight is 426 g/mol. The molecular formula is C20H35N5O3S. The van der Waals surface area contributed by atoms with Gasteiger partial charge in [-0.15, -0.1) is 0 Å². The molecule has 1 atom stereocenters. The molecule has 1 aromatic carbocycles. The first-order valence-corrected chi connectivity index (χ1v) is 11.5. The van der Waals surface area contributed by atoms with E-state index in [1.54, 1.807) is 26.2 Å². The Balaban J connectivity index is 2.76. The number of rotatable bonds is 11. The number of unbranched alkanes of at least 4 members (excludes halogenated alkanes) is 3. The van der Waals surface area contributed by atoms with Crippen molar-refractivity contribution in [2.45, 2.75) is 63.4 Å². The maximum Gasteiger partial charge on any atom is 0.241 e. The van der Waals surface area contributed by atoms with Crippen LogP contribution in [-0.2, 0) is 21.4 Å². The molecule has 1 unspecified atom stereocenters. The van der Waals surface area contributed by atoms with Crippen molar-refractivity contribution in [2.24, 2.45) is 10.1 Å². The number of sulfonamides is 1. The average Bonchev–Trinajstić information content (AvgIpc) is 2.66. The topological polar surface area (TPSA) is 117 Å². The fraction of sp³-hybridized carbons (Fsp3) is 0.600. The van der Waals surface area contributed by atoms with Crippen molar-refractivity contribution in [2.75, 3.05) is 20.6 Å². The van der Waals surface area contributed by atoms with Gasteiger partial charge in [-0.2, -0.15) is 0 Å². The third-order valence-electron chi connectivity index (χ3n) is 4.45. The highest BCUT2D eigenvalue weighted by atomic mass is 32.2. The Morgan fingerprint density at radius 2 is 1.83 bits per heavy atom. The van der Waals surface area contributed by atoms with Crippen molar-refractivity contribution in [3.05, 3.63) is 29.8 Å². The van der Waals surface area contributed by atoms with Gasteiger partial charge >= 0.3 is 0 Å². The number of nitrogens with two attached hydrogens (primary N) is 1. The fourth-order valence-electron chi connectivity index (χ4n) is 2.61. The number of hydrogen-bond acceptors (Lipinski definition) is 4. The highest BCUT2D eigenvalue weighted by molar-refractivity contribution is 7.89. The van der Waals surface area contributed by atoms with E-state index in [9.17, 15) is 13.2 Å². The molecule has 0 aromatic heterocycles. The molecule has 0 fully saturated rings. The molecule has 0 spiro atoms. The monoisotopic (exact) mass is 425 g/mol. The summed E-state index contributed by atoms with van der Waals surface area (Å²) < 4.78 is 22.7. The van der Waals surface area contributed by atoms with E-state index in [1.807, 2.05) is 0 Å². The van der Waals surface area contributed by atoms with Crippen molar-refractivity contribution in [1.29, 1.82) is 0 Å². The van der Waals surface area contributed by atoms with Crippen LogP contribution < -0.4 is 15.8 Å². The van der Waals surface area contributed by atoms with Gasteiger partial charge in [-0.3, -0.25) is 4.79 Å². The van der Waals surface area contributed by atoms with E-state index in [-0.39, 0.29) is 23.4 Å². The van der Waals surface area contributed by atoms with Crippen molar-refractivity contribution in [3.63, 3.8) is 0 Å². The number of likely N-dealkylation sites (N-methyl/N-ethyl adjacent to an activating group) is 1. The lowest BCUT2D eigenvalue weighted by Gasteiger charge is -2.19. The molecular weight excluding hydrogens is 390 g/mol. The Hall–Kier alpha value is -2.13. The second kappa shape index (κ2) is 12.4. The van der Waals surface area contributed by atoms with Gasteiger partial charge in [0.05, 0.1) is 18.0 Å². The number of benzene rings is 1. The molecule has 4 N–H and O–H groups in total. The molecule has 1 amide bonds. The number of carbonyl (C=O) groups is 1. The van der Waals surface area contributed by atoms with Crippen LogP contribution in [0.4, 0.5) is 0 Å². The van der Waals surface area contributed by atoms with Gasteiger partial charge in [-0.25, -0.2) is 18.5 Å². The highest BCUT2D eigenvalue weighted by Crippen LogP contribution is 2.10. The van der Waals surface area contributed by atoms with Gasteiger partial charge in [0.25, 0.3) is 0 Å². The zero-order valence-electron chi connectivity index (χ0n) is 17.9. The van der Waals surface area contributed by atoms with Gasteiger partial charge in [0.2, 0.25) is 15.9 Å². The number of guanidine groups is 1. The van der Waals surface area contributed by atoms with Gasteiger partial charge in [0.1, 0.15) is 0 Å². The Bertz CT molecular complexity index is 761. The van der Waals surface area contributed by atoms with Crippen LogP contribution >= 0.6 is 0 Å². The van der Waals surface area contributed by atoms with Crippen LogP contribution in [0.25, 0.3) is 0 Å². The molecule has 0 saturated carbocycles. The highest BCUT2D eigenvalue weighted by Gasteiger charge is 2.10. The summed E-state index contributed by atoms with van der Waals surface area (Å²) in [5, 5.41) is 11.5. The summed E-state index contributed by atoms with van der Waals surface area (Å²) >= 11 is 0. The fourth-order valence-corrected chi connectivity index (χ4v) is 3.12. The Kier molecular flexibility index (Phi) is 10.7. The van der Waals surface area contributed by atoms with Gasteiger partial charge in [-0.05, 0) is 31.0 Å². The van der Waals surface area contributed by atoms with Crippen molar-refractivity contribution in [3.8, 4) is 0 Å². The molecule has 0 bridgehead atoms. The predicted molar refractivity (Wildman–Crippen MR) is 117 cm³/mol. The number of carbonyl (C=O) groups excluding carboxylic acids is 1. The van der Waals surface area contributed by atoms with Gasteiger partial charge < -0.3 is 15.5 Å². The van der Waals surface area contributed by atoms with E-state index in [4.69, 9.17) is 5.14 Å². The van der Waals surface area contributed by atoms with Crippen LogP contribution in [0, 0.1) is 0 Å². The molecule has 0 aliphatic carbocycles. The molecule has 0 radical (unpaired) electrons. The van der Waals surface area contributed by atoms with Crippen LogP contribution in [0.1, 0.15) is 51.5 Å². The Morgan fingerprint density at radius 3 is 2.38 bits per heavy atom. The van der Waals surface area contributed by atoms with Gasteiger partial charge in [0.15, 0.2) is 5.96 Å². The minimum atomic E-state index is -3.71. The van der Waals surface area contributed by atoms with E-state index in [0.717, 1.165) is 18.4 Å². The summed E-state index contributed by atoms with van der Waals surface area (Å²) in [6.07, 6.45) is 5.80. The van der Waals surface area contributed by atoms with E-state index in [0.29, 0.717) is 12.5 Å². The largest absolute Gasteiger partial charge is 0.354 e. The van der Waals surface area contributed by atoms with Crippen LogP contribution in [-0.4, -0.2) is 51.9 Å². The van der Waals surface area contributed by atoms with E-state index in [2.05, 4.69) is 29.5 Å². The second-order valence-electron chi connectivity index (χ2n) is 7.39. The standard InChI is InChI=1S/C20H35N5O3S/c1-5-6-7-8-9-16(2)24-20(23-15-19(26)25(3)4)22-14-17-10-12-18(13-11-17)29(21,27)28/h10-13,16H,5-9,14-15H2,1-4H3,(H2,21,27,28)(H2,22,23,24).